The van der Waals surface area contributed by atoms with Crippen LogP contribution in [0, 0.1) is 6.92 Å². The van der Waals surface area contributed by atoms with E-state index in [1.54, 1.807) is 43.3 Å². The Balaban J connectivity index is 1.73. The largest absolute Gasteiger partial charge is 0.507 e. The fraction of sp³-hybridized carbons (Fsp3) is 0.118. The molecule has 0 aliphatic heterocycles. The van der Waals surface area contributed by atoms with Crippen molar-refractivity contribution < 1.29 is 14.3 Å². The highest BCUT2D eigenvalue weighted by Gasteiger charge is 2.13. The minimum Gasteiger partial charge on any atom is -0.507 e. The van der Waals surface area contributed by atoms with Gasteiger partial charge in [-0.3, -0.25) is 9.89 Å². The number of phenolic OH excluding ortho intramolecular Hbond substituents is 1. The van der Waals surface area contributed by atoms with E-state index in [-0.39, 0.29) is 11.4 Å². The van der Waals surface area contributed by atoms with Crippen LogP contribution in [0.15, 0.2) is 52.0 Å². The summed E-state index contributed by atoms with van der Waals surface area (Å²) in [6.07, 6.45) is 0. The first-order valence-electron chi connectivity index (χ1n) is 7.30. The smallest absolute Gasteiger partial charge is 0.291 e. The van der Waals surface area contributed by atoms with Crippen LogP contribution in [0.3, 0.4) is 0 Å². The molecule has 3 aromatic rings. The number of furan rings is 1. The van der Waals surface area contributed by atoms with Gasteiger partial charge in [0.05, 0.1) is 5.71 Å². The van der Waals surface area contributed by atoms with Crippen LogP contribution in [0.2, 0.25) is 0 Å². The summed E-state index contributed by atoms with van der Waals surface area (Å²) in [7, 11) is 0. The van der Waals surface area contributed by atoms with Crippen LogP contribution >= 0.6 is 0 Å². The Labute approximate surface area is 138 Å². The quantitative estimate of drug-likeness (QED) is 0.507. The lowest BCUT2D eigenvalue weighted by atomic mass is 10.1. The van der Waals surface area contributed by atoms with Crippen LogP contribution in [-0.2, 0) is 0 Å². The third-order valence-corrected chi connectivity index (χ3v) is 3.44. The predicted molar refractivity (Wildman–Crippen MR) is 88.8 cm³/mol. The molecule has 0 unspecified atom stereocenters. The first kappa shape index (κ1) is 15.5. The van der Waals surface area contributed by atoms with Gasteiger partial charge in [0.25, 0.3) is 5.91 Å². The Kier molecular flexibility index (Phi) is 4.15. The molecule has 1 amide bonds. The van der Waals surface area contributed by atoms with Crippen molar-refractivity contribution in [2.45, 2.75) is 13.8 Å². The Morgan fingerprint density at radius 3 is 2.79 bits per heavy atom. The average molecular weight is 324 g/mol. The summed E-state index contributed by atoms with van der Waals surface area (Å²) < 4.78 is 5.47. The number of H-pyrrole nitrogens is 1. The molecule has 24 heavy (non-hydrogen) atoms. The van der Waals surface area contributed by atoms with Gasteiger partial charge in [-0.25, -0.2) is 5.43 Å². The molecule has 0 saturated heterocycles. The number of aryl methyl sites for hydroxylation is 1. The fourth-order valence-corrected chi connectivity index (χ4v) is 2.18. The number of aromatic amines is 1. The predicted octanol–water partition coefficient (Wildman–Crippen LogP) is 2.84. The number of carbonyl (C=O) groups is 1. The number of hydrogen-bond donors (Lipinski definition) is 3. The lowest BCUT2D eigenvalue weighted by molar-refractivity contribution is 0.0950. The van der Waals surface area contributed by atoms with E-state index in [4.69, 9.17) is 4.42 Å². The summed E-state index contributed by atoms with van der Waals surface area (Å²) in [6, 6.07) is 12.0. The van der Waals surface area contributed by atoms with Crippen molar-refractivity contribution in [1.29, 1.82) is 0 Å². The number of hydrogen-bond acceptors (Lipinski definition) is 5. The number of phenols is 1. The molecule has 3 N–H and O–H groups in total. The maximum Gasteiger partial charge on any atom is 0.291 e. The highest BCUT2D eigenvalue weighted by atomic mass is 16.3. The summed E-state index contributed by atoms with van der Waals surface area (Å²) in [5.74, 6) is 1.01. The Hall–Kier alpha value is -3.35. The van der Waals surface area contributed by atoms with E-state index in [0.717, 1.165) is 5.76 Å². The highest BCUT2D eigenvalue weighted by Crippen LogP contribution is 2.20. The number of nitrogens with one attached hydrogen (secondary N) is 2. The zero-order valence-corrected chi connectivity index (χ0v) is 13.2. The number of para-hydroxylation sites is 1. The standard InChI is InChI=1S/C17H16N4O3/c1-10-7-8-16(24-10)13-9-14(20-19-13)17(23)21-18-11(2)12-5-3-4-6-15(12)22/h3-9,22H,1-2H3,(H,19,20)(H,21,23). The minimum atomic E-state index is -0.462. The summed E-state index contributed by atoms with van der Waals surface area (Å²) in [4.78, 5) is 12.1. The molecule has 7 heteroatoms. The molecule has 2 aromatic heterocycles. The highest BCUT2D eigenvalue weighted by molar-refractivity contribution is 6.02. The van der Waals surface area contributed by atoms with Gasteiger partial charge in [0, 0.05) is 11.6 Å². The number of amides is 1. The van der Waals surface area contributed by atoms with E-state index < -0.39 is 5.91 Å². The molecule has 0 radical (unpaired) electrons. The number of rotatable bonds is 4. The molecule has 7 nitrogen and oxygen atoms in total. The van der Waals surface area contributed by atoms with Gasteiger partial charge in [0.15, 0.2) is 11.5 Å². The summed E-state index contributed by atoms with van der Waals surface area (Å²) in [5.41, 5.74) is 4.25. The van der Waals surface area contributed by atoms with Crippen molar-refractivity contribution in [3.8, 4) is 17.2 Å². The van der Waals surface area contributed by atoms with Gasteiger partial charge in [-0.2, -0.15) is 10.2 Å². The second-order valence-corrected chi connectivity index (χ2v) is 5.23. The van der Waals surface area contributed by atoms with Gasteiger partial charge in [-0.05, 0) is 38.1 Å². The number of aromatic hydroxyl groups is 1. The molecule has 0 aliphatic carbocycles. The van der Waals surface area contributed by atoms with Gasteiger partial charge in [0.1, 0.15) is 17.2 Å². The zero-order valence-electron chi connectivity index (χ0n) is 13.2. The van der Waals surface area contributed by atoms with Crippen molar-refractivity contribution in [2.24, 2.45) is 5.10 Å². The SMILES string of the molecule is CC(=NNC(=O)c1cc(-c2ccc(C)o2)[nH]n1)c1ccccc1O. The van der Waals surface area contributed by atoms with E-state index in [1.807, 2.05) is 13.0 Å². The average Bonchev–Trinajstić information content (AvgIpc) is 3.21. The number of nitrogens with zero attached hydrogens (tertiary/aromatic N) is 2. The maximum absolute atomic E-state index is 12.1. The van der Waals surface area contributed by atoms with Crippen molar-refractivity contribution in [3.63, 3.8) is 0 Å². The minimum absolute atomic E-state index is 0.100. The summed E-state index contributed by atoms with van der Waals surface area (Å²) in [5, 5.41) is 20.5. The van der Waals surface area contributed by atoms with Gasteiger partial charge in [-0.15, -0.1) is 0 Å². The van der Waals surface area contributed by atoms with Crippen LogP contribution in [0.25, 0.3) is 11.5 Å². The molecule has 3 rings (SSSR count). The molecule has 0 saturated carbocycles. The van der Waals surface area contributed by atoms with Crippen LogP contribution in [0.4, 0.5) is 0 Å². The van der Waals surface area contributed by atoms with Gasteiger partial charge in [-0.1, -0.05) is 12.1 Å². The number of carbonyl (C=O) groups excluding carboxylic acids is 1. The third kappa shape index (κ3) is 3.19. The monoisotopic (exact) mass is 324 g/mol. The Morgan fingerprint density at radius 1 is 1.29 bits per heavy atom. The molecule has 0 atom stereocenters. The molecule has 1 aromatic carbocycles. The molecule has 0 aliphatic rings. The van der Waals surface area contributed by atoms with E-state index >= 15 is 0 Å². The van der Waals surface area contributed by atoms with Crippen LogP contribution in [0.1, 0.15) is 28.7 Å². The lowest BCUT2D eigenvalue weighted by Crippen LogP contribution is -2.19. The maximum atomic E-state index is 12.1. The van der Waals surface area contributed by atoms with Gasteiger partial charge in [0.2, 0.25) is 0 Å². The van der Waals surface area contributed by atoms with Crippen molar-refractivity contribution >= 4 is 11.6 Å². The van der Waals surface area contributed by atoms with E-state index in [2.05, 4.69) is 20.7 Å². The van der Waals surface area contributed by atoms with Crippen molar-refractivity contribution in [1.82, 2.24) is 15.6 Å². The van der Waals surface area contributed by atoms with Crippen LogP contribution in [0.5, 0.6) is 5.75 Å². The van der Waals surface area contributed by atoms with E-state index in [1.165, 1.54) is 0 Å². The first-order valence-corrected chi connectivity index (χ1v) is 7.30. The van der Waals surface area contributed by atoms with E-state index in [0.29, 0.717) is 22.7 Å². The summed E-state index contributed by atoms with van der Waals surface area (Å²) >= 11 is 0. The van der Waals surface area contributed by atoms with E-state index in [9.17, 15) is 9.90 Å². The lowest BCUT2D eigenvalue weighted by Gasteiger charge is -2.03. The fourth-order valence-electron chi connectivity index (χ4n) is 2.18. The molecular weight excluding hydrogens is 308 g/mol. The molecule has 122 valence electrons. The first-order chi connectivity index (χ1) is 11.5. The molecular formula is C17H16N4O3. The second-order valence-electron chi connectivity index (χ2n) is 5.23. The van der Waals surface area contributed by atoms with Crippen LogP contribution in [-0.4, -0.2) is 26.9 Å². The number of benzene rings is 1. The van der Waals surface area contributed by atoms with Crippen molar-refractivity contribution in [3.05, 3.63) is 59.5 Å². The molecule has 0 fully saturated rings. The molecule has 0 spiro atoms. The van der Waals surface area contributed by atoms with Crippen LogP contribution < -0.4 is 5.43 Å². The Morgan fingerprint density at radius 2 is 2.08 bits per heavy atom. The summed E-state index contributed by atoms with van der Waals surface area (Å²) in [6.45, 7) is 3.53. The zero-order chi connectivity index (χ0) is 17.1. The topological polar surface area (TPSA) is 104 Å². The number of aromatic nitrogens is 2. The second kappa shape index (κ2) is 6.41. The Bertz CT molecular complexity index is 908. The molecule has 0 bridgehead atoms. The van der Waals surface area contributed by atoms with Crippen molar-refractivity contribution in [2.75, 3.05) is 0 Å². The third-order valence-electron chi connectivity index (χ3n) is 3.44. The van der Waals surface area contributed by atoms with Gasteiger partial charge < -0.3 is 9.52 Å². The normalized spacial score (nSPS) is 11.5. The van der Waals surface area contributed by atoms with Gasteiger partial charge >= 0.3 is 0 Å². The molecule has 2 heterocycles. The number of hydrazone groups is 1.